The Bertz CT molecular complexity index is 576. The SMILES string of the molecule is CC(C)(C)c1cc2c(s1)-c1sc(C(C)(C)C)cc1[SiH2]2. The monoisotopic (exact) mass is 306 g/mol. The Balaban J connectivity index is 2.07. The van der Waals surface area contributed by atoms with Gasteiger partial charge in [0.2, 0.25) is 0 Å². The first-order valence-corrected chi connectivity index (χ1v) is 9.98. The molecule has 0 fully saturated rings. The van der Waals surface area contributed by atoms with Gasteiger partial charge in [0.25, 0.3) is 0 Å². The van der Waals surface area contributed by atoms with Gasteiger partial charge in [0.15, 0.2) is 0 Å². The molecular formula is C16H22S2Si. The lowest BCUT2D eigenvalue weighted by atomic mass is 9.95. The van der Waals surface area contributed by atoms with Crippen molar-refractivity contribution in [2.75, 3.05) is 0 Å². The number of hydrogen-bond donors (Lipinski definition) is 0. The van der Waals surface area contributed by atoms with Crippen LogP contribution in [0.1, 0.15) is 51.3 Å². The second-order valence-corrected chi connectivity index (χ2v) is 11.6. The molecule has 0 bridgehead atoms. The molecule has 19 heavy (non-hydrogen) atoms. The summed E-state index contributed by atoms with van der Waals surface area (Å²) in [7, 11) is -0.213. The van der Waals surface area contributed by atoms with E-state index in [0.29, 0.717) is 10.8 Å². The maximum atomic E-state index is 2.50. The summed E-state index contributed by atoms with van der Waals surface area (Å²) in [6.07, 6.45) is 0. The van der Waals surface area contributed by atoms with E-state index >= 15 is 0 Å². The molecule has 0 aliphatic carbocycles. The molecule has 1 aliphatic rings. The maximum Gasteiger partial charge on any atom is 0.0914 e. The van der Waals surface area contributed by atoms with Gasteiger partial charge in [-0.15, -0.1) is 22.7 Å². The van der Waals surface area contributed by atoms with Gasteiger partial charge in [-0.25, -0.2) is 0 Å². The Morgan fingerprint density at radius 3 is 1.42 bits per heavy atom. The van der Waals surface area contributed by atoms with E-state index < -0.39 is 0 Å². The normalized spacial score (nSPS) is 14.6. The molecule has 2 aromatic rings. The Morgan fingerprint density at radius 1 is 0.737 bits per heavy atom. The van der Waals surface area contributed by atoms with Gasteiger partial charge in [-0.3, -0.25) is 0 Å². The van der Waals surface area contributed by atoms with Crippen LogP contribution in [0, 0.1) is 0 Å². The highest BCUT2D eigenvalue weighted by atomic mass is 32.1. The van der Waals surface area contributed by atoms with Crippen LogP contribution in [0.5, 0.6) is 0 Å². The minimum atomic E-state index is -0.213. The fourth-order valence-electron chi connectivity index (χ4n) is 2.45. The smallest absolute Gasteiger partial charge is 0.0914 e. The van der Waals surface area contributed by atoms with Crippen molar-refractivity contribution in [3.05, 3.63) is 21.9 Å². The van der Waals surface area contributed by atoms with Crippen LogP contribution >= 0.6 is 22.7 Å². The van der Waals surface area contributed by atoms with Crippen LogP contribution in [0.15, 0.2) is 12.1 Å². The molecule has 0 nitrogen and oxygen atoms in total. The molecular weight excluding hydrogens is 284 g/mol. The van der Waals surface area contributed by atoms with E-state index in [4.69, 9.17) is 0 Å². The van der Waals surface area contributed by atoms with Crippen molar-refractivity contribution < 1.29 is 0 Å². The van der Waals surface area contributed by atoms with E-state index in [0.717, 1.165) is 0 Å². The van der Waals surface area contributed by atoms with Gasteiger partial charge in [0.1, 0.15) is 0 Å². The lowest BCUT2D eigenvalue weighted by molar-refractivity contribution is 0.604. The van der Waals surface area contributed by atoms with Crippen molar-refractivity contribution in [1.82, 2.24) is 0 Å². The molecule has 2 aromatic heterocycles. The van der Waals surface area contributed by atoms with Gasteiger partial charge in [-0.1, -0.05) is 41.5 Å². The number of rotatable bonds is 0. The van der Waals surface area contributed by atoms with Gasteiger partial charge >= 0.3 is 0 Å². The summed E-state index contributed by atoms with van der Waals surface area (Å²) in [5, 5.41) is 3.38. The van der Waals surface area contributed by atoms with Crippen LogP contribution < -0.4 is 10.4 Å². The van der Waals surface area contributed by atoms with Crippen LogP contribution in [0.3, 0.4) is 0 Å². The summed E-state index contributed by atoms with van der Waals surface area (Å²) < 4.78 is 0. The summed E-state index contributed by atoms with van der Waals surface area (Å²) in [4.78, 5) is 6.32. The molecule has 102 valence electrons. The topological polar surface area (TPSA) is 0 Å². The van der Waals surface area contributed by atoms with E-state index in [2.05, 4.69) is 53.7 Å². The molecule has 0 unspecified atom stereocenters. The van der Waals surface area contributed by atoms with E-state index in [1.54, 1.807) is 29.9 Å². The Kier molecular flexibility index (Phi) is 2.90. The van der Waals surface area contributed by atoms with Crippen LogP contribution in [0.25, 0.3) is 9.75 Å². The zero-order valence-electron chi connectivity index (χ0n) is 12.7. The molecule has 0 atom stereocenters. The highest BCUT2D eigenvalue weighted by Crippen LogP contribution is 2.40. The third-order valence-corrected chi connectivity index (χ3v) is 9.44. The molecule has 3 heterocycles. The van der Waals surface area contributed by atoms with Gasteiger partial charge in [-0.05, 0) is 33.3 Å². The van der Waals surface area contributed by atoms with Crippen molar-refractivity contribution in [1.29, 1.82) is 0 Å². The van der Waals surface area contributed by atoms with E-state index in [1.807, 2.05) is 22.7 Å². The lowest BCUT2D eigenvalue weighted by Gasteiger charge is -2.15. The van der Waals surface area contributed by atoms with Crippen molar-refractivity contribution in [3.8, 4) is 9.75 Å². The predicted molar refractivity (Wildman–Crippen MR) is 92.8 cm³/mol. The summed E-state index contributed by atoms with van der Waals surface area (Å²) >= 11 is 4.08. The first-order valence-electron chi connectivity index (χ1n) is 6.93. The van der Waals surface area contributed by atoms with Gasteiger partial charge < -0.3 is 0 Å². The first kappa shape index (κ1) is 13.6. The fourth-order valence-corrected chi connectivity index (χ4v) is 8.10. The highest BCUT2D eigenvalue weighted by molar-refractivity contribution is 7.26. The number of hydrogen-bond acceptors (Lipinski definition) is 2. The van der Waals surface area contributed by atoms with Crippen molar-refractivity contribution in [2.24, 2.45) is 0 Å². The second kappa shape index (κ2) is 4.06. The quantitative estimate of drug-likeness (QED) is 0.558. The van der Waals surface area contributed by atoms with Gasteiger partial charge in [0, 0.05) is 19.5 Å². The predicted octanol–water partition coefficient (Wildman–Crippen LogP) is 3.50. The molecule has 0 spiro atoms. The van der Waals surface area contributed by atoms with Gasteiger partial charge in [-0.2, -0.15) is 0 Å². The molecule has 3 heteroatoms. The number of thiophene rings is 2. The zero-order valence-corrected chi connectivity index (χ0v) is 15.7. The summed E-state index contributed by atoms with van der Waals surface area (Å²) in [5.74, 6) is 0. The summed E-state index contributed by atoms with van der Waals surface area (Å²) in [5.41, 5.74) is 0.599. The Hall–Kier alpha value is -0.383. The van der Waals surface area contributed by atoms with Gasteiger partial charge in [0.05, 0.1) is 9.52 Å². The van der Waals surface area contributed by atoms with E-state index in [9.17, 15) is 0 Å². The molecule has 1 aliphatic heterocycles. The number of fused-ring (bicyclic) bond motifs is 3. The Morgan fingerprint density at radius 2 is 1.11 bits per heavy atom. The van der Waals surface area contributed by atoms with Crippen LogP contribution in [-0.4, -0.2) is 9.52 Å². The van der Waals surface area contributed by atoms with Crippen molar-refractivity contribution >= 4 is 42.6 Å². The minimum Gasteiger partial charge on any atom is -0.139 e. The highest BCUT2D eigenvalue weighted by Gasteiger charge is 2.29. The average molecular weight is 307 g/mol. The molecule has 0 aromatic carbocycles. The Labute approximate surface area is 126 Å². The molecule has 0 radical (unpaired) electrons. The van der Waals surface area contributed by atoms with Crippen molar-refractivity contribution in [2.45, 2.75) is 52.4 Å². The van der Waals surface area contributed by atoms with Crippen LogP contribution in [0.2, 0.25) is 0 Å². The molecule has 3 rings (SSSR count). The summed E-state index contributed by atoms with van der Waals surface area (Å²) in [6.45, 7) is 13.9. The average Bonchev–Trinajstić information content (AvgIpc) is 2.81. The largest absolute Gasteiger partial charge is 0.139 e. The lowest BCUT2D eigenvalue weighted by Crippen LogP contribution is -2.21. The van der Waals surface area contributed by atoms with Crippen LogP contribution in [0.4, 0.5) is 0 Å². The van der Waals surface area contributed by atoms with Crippen molar-refractivity contribution in [3.63, 3.8) is 0 Å². The van der Waals surface area contributed by atoms with E-state index in [-0.39, 0.29) is 9.52 Å². The fraction of sp³-hybridized carbons (Fsp3) is 0.500. The third kappa shape index (κ3) is 2.26. The van der Waals surface area contributed by atoms with Crippen LogP contribution in [-0.2, 0) is 10.8 Å². The molecule has 0 saturated heterocycles. The second-order valence-electron chi connectivity index (χ2n) is 7.61. The summed E-state index contributed by atoms with van der Waals surface area (Å²) in [6, 6.07) is 4.99. The molecule has 0 amide bonds. The molecule has 0 N–H and O–H groups in total. The third-order valence-electron chi connectivity index (χ3n) is 3.68. The van der Waals surface area contributed by atoms with E-state index in [1.165, 1.54) is 0 Å². The minimum absolute atomic E-state index is 0.213. The molecule has 0 saturated carbocycles. The maximum absolute atomic E-state index is 2.50. The first-order chi connectivity index (χ1) is 8.66. The zero-order chi connectivity index (χ0) is 14.0. The standard InChI is InChI=1S/C16H22S2Si/c1-15(2,3)11-7-9-13(17-11)14-10(19-9)8-12(18-14)16(4,5)6/h7-8H,19H2,1-6H3.